The van der Waals surface area contributed by atoms with Crippen molar-refractivity contribution in [3.05, 3.63) is 61.3 Å². The summed E-state index contributed by atoms with van der Waals surface area (Å²) in [4.78, 5) is 27.8. The highest BCUT2D eigenvalue weighted by Gasteiger charge is 2.42. The van der Waals surface area contributed by atoms with Crippen LogP contribution in [0.4, 0.5) is 18.9 Å². The summed E-state index contributed by atoms with van der Waals surface area (Å²) in [5.41, 5.74) is -0.484. The molecule has 2 aromatic rings. The lowest BCUT2D eigenvalue weighted by atomic mass is 9.81. The molecule has 1 heterocycles. The van der Waals surface area contributed by atoms with Crippen molar-refractivity contribution in [3.63, 3.8) is 0 Å². The van der Waals surface area contributed by atoms with Gasteiger partial charge in [-0.15, -0.1) is 0 Å². The molecule has 6 nitrogen and oxygen atoms in total. The van der Waals surface area contributed by atoms with Crippen LogP contribution in [-0.4, -0.2) is 20.7 Å². The van der Waals surface area contributed by atoms with E-state index in [0.29, 0.717) is 5.69 Å². The number of hydrogen-bond acceptors (Lipinski definition) is 4. The van der Waals surface area contributed by atoms with Crippen molar-refractivity contribution in [1.82, 2.24) is 9.55 Å². The number of rotatable bonds is 3. The second-order valence-electron chi connectivity index (χ2n) is 6.91. The third-order valence-corrected chi connectivity index (χ3v) is 5.24. The maximum Gasteiger partial charge on any atom is 0.391 e. The van der Waals surface area contributed by atoms with Crippen molar-refractivity contribution < 1.29 is 18.1 Å². The molecule has 0 atom stereocenters. The summed E-state index contributed by atoms with van der Waals surface area (Å²) in [6, 6.07) is 5.14. The molecule has 3 rings (SSSR count). The van der Waals surface area contributed by atoms with Gasteiger partial charge in [0, 0.05) is 28.8 Å². The number of halogens is 4. The van der Waals surface area contributed by atoms with Gasteiger partial charge in [-0.05, 0) is 44.7 Å². The van der Waals surface area contributed by atoms with E-state index >= 15 is 0 Å². The van der Waals surface area contributed by atoms with Crippen LogP contribution in [-0.2, 0) is 0 Å². The number of aromatic nitrogens is 2. The van der Waals surface area contributed by atoms with E-state index in [1.54, 1.807) is 6.92 Å². The molecule has 0 N–H and O–H groups in total. The highest BCUT2D eigenvalue weighted by Crippen LogP contribution is 2.43. The Morgan fingerprint density at radius 1 is 1.21 bits per heavy atom. The van der Waals surface area contributed by atoms with Crippen molar-refractivity contribution in [2.24, 2.45) is 5.92 Å². The van der Waals surface area contributed by atoms with Gasteiger partial charge in [0.25, 0.3) is 11.2 Å². The van der Waals surface area contributed by atoms with E-state index in [0.717, 1.165) is 10.6 Å². The van der Waals surface area contributed by atoms with Gasteiger partial charge in [0.15, 0.2) is 0 Å². The zero-order valence-electron chi connectivity index (χ0n) is 14.9. The van der Waals surface area contributed by atoms with Crippen molar-refractivity contribution >= 4 is 17.3 Å². The molecule has 28 heavy (non-hydrogen) atoms. The van der Waals surface area contributed by atoms with Crippen molar-refractivity contribution in [2.45, 2.75) is 44.7 Å². The maximum atomic E-state index is 13.0. The summed E-state index contributed by atoms with van der Waals surface area (Å²) in [6.07, 6.45) is -4.00. The summed E-state index contributed by atoms with van der Waals surface area (Å²) >= 11 is 5.85. The molecule has 0 saturated heterocycles. The SMILES string of the molecule is Cc1cc(=O)n(-c2ccc(Cl)cc2[N+](=O)[O-])c([C@H]2CC[C@@H](C(F)(F)F)CC2)n1. The monoisotopic (exact) mass is 415 g/mol. The van der Waals surface area contributed by atoms with Gasteiger partial charge >= 0.3 is 6.18 Å². The van der Waals surface area contributed by atoms with Gasteiger partial charge in [0.2, 0.25) is 0 Å². The molecule has 1 saturated carbocycles. The summed E-state index contributed by atoms with van der Waals surface area (Å²) in [7, 11) is 0. The number of nitro benzene ring substituents is 1. The standard InChI is InChI=1S/C18H17ClF3N3O3/c1-10-8-16(26)24(14-7-6-13(19)9-15(14)25(27)28)17(23-10)11-2-4-12(5-3-11)18(20,21)22/h6-9,11-12H,2-5H2,1H3/t11-,12+. The lowest BCUT2D eigenvalue weighted by molar-refractivity contribution is -0.384. The van der Waals surface area contributed by atoms with Crippen molar-refractivity contribution in [1.29, 1.82) is 0 Å². The van der Waals surface area contributed by atoms with Crippen LogP contribution in [0.5, 0.6) is 0 Å². The fourth-order valence-corrected chi connectivity index (χ4v) is 3.81. The molecule has 0 unspecified atom stereocenters. The van der Waals surface area contributed by atoms with E-state index in [1.165, 1.54) is 18.2 Å². The lowest BCUT2D eigenvalue weighted by Gasteiger charge is -2.30. The highest BCUT2D eigenvalue weighted by atomic mass is 35.5. The van der Waals surface area contributed by atoms with Crippen LogP contribution in [0.25, 0.3) is 5.69 Å². The third-order valence-electron chi connectivity index (χ3n) is 5.00. The lowest BCUT2D eigenvalue weighted by Crippen LogP contribution is -2.31. The zero-order chi connectivity index (χ0) is 20.6. The third kappa shape index (κ3) is 4.04. The smallest absolute Gasteiger partial charge is 0.269 e. The van der Waals surface area contributed by atoms with E-state index < -0.39 is 28.5 Å². The Labute approximate surface area is 163 Å². The molecular formula is C18H17ClF3N3O3. The average molecular weight is 416 g/mol. The first-order valence-corrected chi connectivity index (χ1v) is 9.07. The first-order valence-electron chi connectivity index (χ1n) is 8.69. The largest absolute Gasteiger partial charge is 0.391 e. The van der Waals surface area contributed by atoms with Gasteiger partial charge in [-0.1, -0.05) is 11.6 Å². The van der Waals surface area contributed by atoms with Crippen LogP contribution in [0.2, 0.25) is 5.02 Å². The molecule has 0 bridgehead atoms. The van der Waals surface area contributed by atoms with Gasteiger partial charge in [0.05, 0.1) is 10.8 Å². The summed E-state index contributed by atoms with van der Waals surface area (Å²) in [6.45, 7) is 1.60. The molecular weight excluding hydrogens is 399 g/mol. The summed E-state index contributed by atoms with van der Waals surface area (Å²) < 4.78 is 40.0. The molecule has 1 aromatic heterocycles. The zero-order valence-corrected chi connectivity index (χ0v) is 15.6. The number of hydrogen-bond donors (Lipinski definition) is 0. The Balaban J connectivity index is 2.08. The fourth-order valence-electron chi connectivity index (χ4n) is 3.65. The molecule has 1 fully saturated rings. The molecule has 0 amide bonds. The van der Waals surface area contributed by atoms with Crippen LogP contribution in [0.3, 0.4) is 0 Å². The number of benzene rings is 1. The maximum absolute atomic E-state index is 13.0. The molecule has 1 aliphatic rings. The van der Waals surface area contributed by atoms with Crippen LogP contribution >= 0.6 is 11.6 Å². The van der Waals surface area contributed by atoms with E-state index in [1.807, 2.05) is 0 Å². The van der Waals surface area contributed by atoms with Gasteiger partial charge in [0.1, 0.15) is 11.5 Å². The minimum atomic E-state index is -4.25. The van der Waals surface area contributed by atoms with E-state index in [4.69, 9.17) is 11.6 Å². The number of aryl methyl sites for hydroxylation is 1. The molecule has 10 heteroatoms. The van der Waals surface area contributed by atoms with Crippen molar-refractivity contribution in [3.8, 4) is 5.69 Å². The summed E-state index contributed by atoms with van der Waals surface area (Å²) in [5, 5.41) is 11.6. The molecule has 0 spiro atoms. The van der Waals surface area contributed by atoms with Gasteiger partial charge in [-0.3, -0.25) is 19.5 Å². The predicted octanol–water partition coefficient (Wildman–Crippen LogP) is 4.94. The quantitative estimate of drug-likeness (QED) is 0.525. The van der Waals surface area contributed by atoms with Crippen LogP contribution in [0, 0.1) is 23.0 Å². The average Bonchev–Trinajstić information content (AvgIpc) is 2.61. The topological polar surface area (TPSA) is 78.0 Å². The Morgan fingerprint density at radius 3 is 2.43 bits per heavy atom. The van der Waals surface area contributed by atoms with E-state index in [9.17, 15) is 28.1 Å². The minimum Gasteiger partial charge on any atom is -0.269 e. The number of alkyl halides is 3. The Kier molecular flexibility index (Phi) is 5.47. The Morgan fingerprint density at radius 2 is 1.86 bits per heavy atom. The Hall–Kier alpha value is -2.42. The molecule has 0 aliphatic heterocycles. The van der Waals surface area contributed by atoms with Crippen molar-refractivity contribution in [2.75, 3.05) is 0 Å². The van der Waals surface area contributed by atoms with Gasteiger partial charge in [-0.2, -0.15) is 13.2 Å². The Bertz CT molecular complexity index is 967. The first-order chi connectivity index (χ1) is 13.1. The van der Waals surface area contributed by atoms with Crippen LogP contribution < -0.4 is 5.56 Å². The second kappa shape index (κ2) is 7.54. The van der Waals surface area contributed by atoms with Crippen LogP contribution in [0.1, 0.15) is 43.1 Å². The van der Waals surface area contributed by atoms with Gasteiger partial charge in [-0.25, -0.2) is 4.98 Å². The minimum absolute atomic E-state index is 0.000144. The number of nitrogens with zero attached hydrogens (tertiary/aromatic N) is 3. The predicted molar refractivity (Wildman–Crippen MR) is 97.0 cm³/mol. The second-order valence-corrected chi connectivity index (χ2v) is 7.35. The highest BCUT2D eigenvalue weighted by molar-refractivity contribution is 6.30. The summed E-state index contributed by atoms with van der Waals surface area (Å²) in [5.74, 6) is -1.53. The normalized spacial score (nSPS) is 20.2. The van der Waals surface area contributed by atoms with Crippen LogP contribution in [0.15, 0.2) is 29.1 Å². The van der Waals surface area contributed by atoms with E-state index in [2.05, 4.69) is 4.98 Å². The molecule has 1 aromatic carbocycles. The molecule has 0 radical (unpaired) electrons. The first kappa shape index (κ1) is 20.3. The molecule has 150 valence electrons. The molecule has 1 aliphatic carbocycles. The van der Waals surface area contributed by atoms with E-state index in [-0.39, 0.29) is 47.9 Å². The fraction of sp³-hybridized carbons (Fsp3) is 0.444. The number of nitro groups is 1. The van der Waals surface area contributed by atoms with Gasteiger partial charge < -0.3 is 0 Å².